The molecule has 1 unspecified atom stereocenters. The molecule has 4 aromatic rings. The van der Waals surface area contributed by atoms with Gasteiger partial charge in [-0.2, -0.15) is 0 Å². The maximum absolute atomic E-state index is 13.1. The minimum absolute atomic E-state index is 0.0751. The van der Waals surface area contributed by atoms with Crippen LogP contribution >= 0.6 is 7.14 Å². The van der Waals surface area contributed by atoms with E-state index in [1.165, 1.54) is 22.3 Å². The predicted molar refractivity (Wildman–Crippen MR) is 173 cm³/mol. The molecule has 0 saturated carbocycles. The van der Waals surface area contributed by atoms with Crippen LogP contribution in [0.2, 0.25) is 0 Å². The van der Waals surface area contributed by atoms with Gasteiger partial charge in [0.15, 0.2) is 0 Å². The highest BCUT2D eigenvalue weighted by atomic mass is 31.2. The summed E-state index contributed by atoms with van der Waals surface area (Å²) in [7, 11) is -2.50. The van der Waals surface area contributed by atoms with E-state index in [2.05, 4.69) is 79.4 Å². The number of benzene rings is 4. The van der Waals surface area contributed by atoms with E-state index >= 15 is 0 Å². The Labute approximate surface area is 250 Å². The van der Waals surface area contributed by atoms with E-state index in [1.807, 2.05) is 58.9 Å². The Morgan fingerprint density at radius 2 is 1.17 bits per heavy atom. The lowest BCUT2D eigenvalue weighted by molar-refractivity contribution is 0.0412. The second kappa shape index (κ2) is 11.2. The molecule has 0 heterocycles. The van der Waals surface area contributed by atoms with Gasteiger partial charge in [-0.3, -0.25) is 0 Å². The molecular weight excluding hydrogens is 539 g/mol. The first-order valence-corrected chi connectivity index (χ1v) is 16.7. The summed E-state index contributed by atoms with van der Waals surface area (Å²) in [4.78, 5) is 0. The minimum atomic E-state index is -2.50. The number of hydrogen-bond acceptors (Lipinski definition) is 4. The van der Waals surface area contributed by atoms with Crippen molar-refractivity contribution in [2.24, 2.45) is 0 Å². The predicted octanol–water partition coefficient (Wildman–Crippen LogP) is 8.88. The van der Waals surface area contributed by atoms with Gasteiger partial charge >= 0.3 is 0 Å². The van der Waals surface area contributed by atoms with Crippen molar-refractivity contribution < 1.29 is 19.1 Å². The maximum Gasteiger partial charge on any atom is 0.126 e. The Morgan fingerprint density at radius 3 is 1.57 bits per heavy atom. The number of rotatable bonds is 11. The highest BCUT2D eigenvalue weighted by molar-refractivity contribution is 7.67. The summed E-state index contributed by atoms with van der Waals surface area (Å²) in [5, 5.41) is 9.71. The van der Waals surface area contributed by atoms with Crippen LogP contribution in [0.5, 0.6) is 11.5 Å². The molecule has 0 bridgehead atoms. The summed E-state index contributed by atoms with van der Waals surface area (Å²) in [5.74, 6) is 3.06. The molecule has 0 spiro atoms. The Bertz CT molecular complexity index is 1570. The van der Waals surface area contributed by atoms with Crippen molar-refractivity contribution in [1.82, 2.24) is 0 Å². The van der Waals surface area contributed by atoms with E-state index in [9.17, 15) is 9.67 Å². The van der Waals surface area contributed by atoms with Crippen LogP contribution in [-0.2, 0) is 9.98 Å². The van der Waals surface area contributed by atoms with Crippen LogP contribution in [0.25, 0.3) is 11.1 Å². The third-order valence-corrected chi connectivity index (χ3v) is 11.2. The number of fused-ring (bicyclic) bond motifs is 3. The van der Waals surface area contributed by atoms with Gasteiger partial charge in [0.25, 0.3) is 0 Å². The monoisotopic (exact) mass is 580 g/mol. The number of aliphatic hydroxyl groups excluding tert-OH is 1. The standard InChI is InChI=1S/C37H41O4P/c1-7-42(39,8-2)26-36(5,6)41-30-23-19-28(20-24-30)37(27-17-21-29(22-18-27)40-35(3,4)25-38)33-15-11-9-13-31(33)32-14-10-12-16-34(32)37/h7,9-24,38H,1,8,25-26H2,2-6H3. The van der Waals surface area contributed by atoms with E-state index in [-0.39, 0.29) is 6.61 Å². The lowest BCUT2D eigenvalue weighted by Crippen LogP contribution is -2.33. The van der Waals surface area contributed by atoms with E-state index < -0.39 is 23.8 Å². The van der Waals surface area contributed by atoms with Gasteiger partial charge in [-0.05, 0) is 91.2 Å². The lowest BCUT2D eigenvalue weighted by Gasteiger charge is -2.34. The SMILES string of the molecule is C=CP(=O)(CC)CC(C)(C)Oc1ccc(C2(c3ccc(OC(C)(C)CO)cc3)c3ccccc3-c3ccccc32)cc1. The zero-order chi connectivity index (χ0) is 30.2. The first-order chi connectivity index (χ1) is 20.0. The van der Waals surface area contributed by atoms with E-state index in [0.717, 1.165) is 16.9 Å². The molecule has 5 heteroatoms. The van der Waals surface area contributed by atoms with Crippen LogP contribution in [-0.4, -0.2) is 35.2 Å². The van der Waals surface area contributed by atoms with Gasteiger partial charge in [0.2, 0.25) is 0 Å². The Hall–Kier alpha value is -3.59. The maximum atomic E-state index is 13.1. The molecule has 218 valence electrons. The summed E-state index contributed by atoms with van der Waals surface area (Å²) in [6, 6.07) is 33.8. The van der Waals surface area contributed by atoms with Crippen molar-refractivity contribution in [3.05, 3.63) is 132 Å². The molecule has 0 aliphatic heterocycles. The number of hydrogen-bond donors (Lipinski definition) is 1. The normalized spacial score (nSPS) is 15.3. The fourth-order valence-corrected chi connectivity index (χ4v) is 8.19. The van der Waals surface area contributed by atoms with E-state index in [1.54, 1.807) is 5.82 Å². The van der Waals surface area contributed by atoms with Gasteiger partial charge in [-0.1, -0.05) is 86.3 Å². The van der Waals surface area contributed by atoms with Gasteiger partial charge < -0.3 is 19.1 Å². The molecule has 5 rings (SSSR count). The average Bonchev–Trinajstić information content (AvgIpc) is 3.28. The Morgan fingerprint density at radius 1 is 0.738 bits per heavy atom. The number of ether oxygens (including phenoxy) is 2. The van der Waals surface area contributed by atoms with Crippen molar-refractivity contribution in [2.75, 3.05) is 18.9 Å². The summed E-state index contributed by atoms with van der Waals surface area (Å²) in [6.07, 6.45) is 1.01. The first kappa shape index (κ1) is 29.9. The van der Waals surface area contributed by atoms with Gasteiger partial charge in [-0.15, -0.1) is 0 Å². The smallest absolute Gasteiger partial charge is 0.126 e. The van der Waals surface area contributed by atoms with Crippen molar-refractivity contribution in [2.45, 2.75) is 51.2 Å². The molecule has 1 N–H and O–H groups in total. The topological polar surface area (TPSA) is 55.8 Å². The molecule has 4 aromatic carbocycles. The quantitative estimate of drug-likeness (QED) is 0.159. The third kappa shape index (κ3) is 5.46. The Balaban J connectivity index is 1.61. The highest BCUT2D eigenvalue weighted by Gasteiger charge is 2.46. The van der Waals surface area contributed by atoms with Crippen molar-refractivity contribution in [3.63, 3.8) is 0 Å². The zero-order valence-corrected chi connectivity index (χ0v) is 26.2. The second-order valence-electron chi connectivity index (χ2n) is 12.4. The second-order valence-corrected chi connectivity index (χ2v) is 15.6. The summed E-state index contributed by atoms with van der Waals surface area (Å²) >= 11 is 0. The van der Waals surface area contributed by atoms with Crippen LogP contribution in [0, 0.1) is 0 Å². The molecular formula is C37H41O4P. The molecule has 0 amide bonds. The minimum Gasteiger partial charge on any atom is -0.487 e. The Kier molecular flexibility index (Phi) is 8.00. The molecule has 0 saturated heterocycles. The molecule has 42 heavy (non-hydrogen) atoms. The first-order valence-electron chi connectivity index (χ1n) is 14.6. The molecule has 4 nitrogen and oxygen atoms in total. The summed E-state index contributed by atoms with van der Waals surface area (Å²) < 4.78 is 25.6. The molecule has 0 aromatic heterocycles. The van der Waals surface area contributed by atoms with Crippen LogP contribution in [0.3, 0.4) is 0 Å². The van der Waals surface area contributed by atoms with Crippen molar-refractivity contribution >= 4 is 7.14 Å². The molecule has 1 aliphatic carbocycles. The van der Waals surface area contributed by atoms with Gasteiger partial charge in [-0.25, -0.2) is 0 Å². The largest absolute Gasteiger partial charge is 0.487 e. The van der Waals surface area contributed by atoms with Gasteiger partial charge in [0.05, 0.1) is 12.0 Å². The summed E-state index contributed by atoms with van der Waals surface area (Å²) in [5.41, 5.74) is 5.30. The lowest BCUT2D eigenvalue weighted by atomic mass is 9.67. The van der Waals surface area contributed by atoms with Crippen LogP contribution in [0.4, 0.5) is 0 Å². The highest BCUT2D eigenvalue weighted by Crippen LogP contribution is 2.56. The molecule has 1 aliphatic rings. The van der Waals surface area contributed by atoms with E-state index in [0.29, 0.717) is 18.1 Å². The molecule has 1 atom stereocenters. The number of aliphatic hydroxyl groups is 1. The zero-order valence-electron chi connectivity index (χ0n) is 25.3. The van der Waals surface area contributed by atoms with Crippen molar-refractivity contribution in [3.8, 4) is 22.6 Å². The van der Waals surface area contributed by atoms with Crippen LogP contribution < -0.4 is 9.47 Å². The fraction of sp³-hybridized carbons (Fsp3) is 0.297. The fourth-order valence-electron chi connectivity index (χ4n) is 6.22. The van der Waals surface area contributed by atoms with Crippen LogP contribution in [0.1, 0.15) is 56.9 Å². The third-order valence-electron chi connectivity index (χ3n) is 8.21. The van der Waals surface area contributed by atoms with Crippen molar-refractivity contribution in [1.29, 1.82) is 0 Å². The van der Waals surface area contributed by atoms with Gasteiger partial charge in [0.1, 0.15) is 29.8 Å². The van der Waals surface area contributed by atoms with Gasteiger partial charge in [0, 0.05) is 12.3 Å². The molecule has 0 fully saturated rings. The van der Waals surface area contributed by atoms with Crippen LogP contribution in [0.15, 0.2) is 109 Å². The van der Waals surface area contributed by atoms with E-state index in [4.69, 9.17) is 9.47 Å². The summed E-state index contributed by atoms with van der Waals surface area (Å²) in [6.45, 7) is 13.4. The average molecular weight is 581 g/mol. The molecule has 0 radical (unpaired) electrons.